The van der Waals surface area contributed by atoms with E-state index in [1.807, 2.05) is 35.2 Å². The fraction of sp³-hybridized carbons (Fsp3) is 0.636. The molecule has 1 atom stereocenters. The Labute approximate surface area is 171 Å². The number of piperidine rings is 1. The van der Waals surface area contributed by atoms with Gasteiger partial charge in [-0.15, -0.1) is 0 Å². The highest BCUT2D eigenvalue weighted by molar-refractivity contribution is 5.78. The molecule has 0 N–H and O–H groups in total. The average Bonchev–Trinajstić information content (AvgIpc) is 2.75. The molecule has 2 amide bonds. The Hall–Kier alpha value is -2.12. The number of amides is 2. The normalized spacial score (nSPS) is 23.5. The van der Waals surface area contributed by atoms with E-state index in [9.17, 15) is 9.59 Å². The zero-order chi connectivity index (χ0) is 20.1. The summed E-state index contributed by atoms with van der Waals surface area (Å²) < 4.78 is 16.5. The molecule has 4 rings (SSSR count). The van der Waals surface area contributed by atoms with Crippen LogP contribution in [0.25, 0.3) is 0 Å². The minimum absolute atomic E-state index is 0.0366. The molecule has 0 aliphatic carbocycles. The van der Waals surface area contributed by atoms with Crippen LogP contribution >= 0.6 is 0 Å². The third-order valence-corrected chi connectivity index (χ3v) is 6.22. The molecule has 158 valence electrons. The molecular weight excluding hydrogens is 372 g/mol. The maximum atomic E-state index is 12.3. The summed E-state index contributed by atoms with van der Waals surface area (Å²) in [5, 5.41) is 0. The molecule has 3 heterocycles. The van der Waals surface area contributed by atoms with Gasteiger partial charge >= 0.3 is 6.09 Å². The van der Waals surface area contributed by atoms with Gasteiger partial charge in [-0.1, -0.05) is 30.3 Å². The predicted molar refractivity (Wildman–Crippen MR) is 106 cm³/mol. The smallest absolute Gasteiger partial charge is 0.410 e. The van der Waals surface area contributed by atoms with E-state index < -0.39 is 0 Å². The van der Waals surface area contributed by atoms with E-state index in [0.29, 0.717) is 19.7 Å². The quantitative estimate of drug-likeness (QED) is 0.758. The molecule has 0 saturated carbocycles. The SMILES string of the molecule is O=C(COC1CCCCO1)N1CC2(CCN(C(=O)OCc3ccccc3)CC2)C1. The van der Waals surface area contributed by atoms with Crippen molar-refractivity contribution in [2.45, 2.75) is 45.0 Å². The van der Waals surface area contributed by atoms with Gasteiger partial charge < -0.3 is 24.0 Å². The Morgan fingerprint density at radius 1 is 1.07 bits per heavy atom. The number of rotatable bonds is 5. The van der Waals surface area contributed by atoms with Crippen molar-refractivity contribution in [3.63, 3.8) is 0 Å². The minimum atomic E-state index is -0.253. The highest BCUT2D eigenvalue weighted by Crippen LogP contribution is 2.40. The van der Waals surface area contributed by atoms with E-state index in [4.69, 9.17) is 14.2 Å². The topological polar surface area (TPSA) is 68.3 Å². The summed E-state index contributed by atoms with van der Waals surface area (Å²) in [5.41, 5.74) is 1.14. The van der Waals surface area contributed by atoms with Crippen LogP contribution in [0.3, 0.4) is 0 Å². The van der Waals surface area contributed by atoms with Crippen LogP contribution in [-0.2, 0) is 25.6 Å². The Balaban J connectivity index is 1.14. The summed E-state index contributed by atoms with van der Waals surface area (Å²) in [5.74, 6) is 0.0366. The monoisotopic (exact) mass is 402 g/mol. The van der Waals surface area contributed by atoms with Gasteiger partial charge in [0.15, 0.2) is 6.29 Å². The van der Waals surface area contributed by atoms with Gasteiger partial charge in [0.05, 0.1) is 0 Å². The van der Waals surface area contributed by atoms with Gasteiger partial charge in [0.2, 0.25) is 5.91 Å². The van der Waals surface area contributed by atoms with Gasteiger partial charge in [-0.2, -0.15) is 0 Å². The number of hydrogen-bond acceptors (Lipinski definition) is 5. The standard InChI is InChI=1S/C22H30N2O5/c25-19(15-28-20-8-4-5-13-27-20)24-16-22(17-24)9-11-23(12-10-22)21(26)29-14-18-6-2-1-3-7-18/h1-3,6-7,20H,4-5,8-17H2. The molecule has 7 heteroatoms. The summed E-state index contributed by atoms with van der Waals surface area (Å²) in [6, 6.07) is 9.71. The molecule has 1 aromatic rings. The molecule has 3 fully saturated rings. The van der Waals surface area contributed by atoms with Crippen molar-refractivity contribution in [3.05, 3.63) is 35.9 Å². The predicted octanol–water partition coefficient (Wildman–Crippen LogP) is 2.79. The highest BCUT2D eigenvalue weighted by Gasteiger charge is 2.47. The fourth-order valence-corrected chi connectivity index (χ4v) is 4.33. The minimum Gasteiger partial charge on any atom is -0.445 e. The van der Waals surface area contributed by atoms with Crippen molar-refractivity contribution in [1.29, 1.82) is 0 Å². The molecule has 0 aromatic heterocycles. The number of carbonyl (C=O) groups is 2. The van der Waals surface area contributed by atoms with E-state index in [0.717, 1.165) is 57.4 Å². The van der Waals surface area contributed by atoms with Gasteiger partial charge in [-0.25, -0.2) is 4.79 Å². The fourth-order valence-electron chi connectivity index (χ4n) is 4.33. The Morgan fingerprint density at radius 3 is 2.52 bits per heavy atom. The summed E-state index contributed by atoms with van der Waals surface area (Å²) >= 11 is 0. The lowest BCUT2D eigenvalue weighted by atomic mass is 9.72. The van der Waals surface area contributed by atoms with Crippen molar-refractivity contribution >= 4 is 12.0 Å². The molecule has 3 saturated heterocycles. The van der Waals surface area contributed by atoms with Crippen molar-refractivity contribution in [1.82, 2.24) is 9.80 Å². The number of ether oxygens (including phenoxy) is 3. The first-order valence-corrected chi connectivity index (χ1v) is 10.6. The average molecular weight is 402 g/mol. The number of benzene rings is 1. The van der Waals surface area contributed by atoms with Crippen molar-refractivity contribution in [2.24, 2.45) is 5.41 Å². The van der Waals surface area contributed by atoms with E-state index in [2.05, 4.69) is 0 Å². The highest BCUT2D eigenvalue weighted by atomic mass is 16.7. The second-order valence-electron chi connectivity index (χ2n) is 8.38. The molecule has 1 unspecified atom stereocenters. The third kappa shape index (κ3) is 5.08. The molecule has 3 aliphatic rings. The number of hydrogen-bond donors (Lipinski definition) is 0. The molecule has 1 aromatic carbocycles. The number of likely N-dealkylation sites (tertiary alicyclic amines) is 2. The lowest BCUT2D eigenvalue weighted by molar-refractivity contribution is -0.181. The molecular formula is C22H30N2O5. The molecule has 29 heavy (non-hydrogen) atoms. The zero-order valence-electron chi connectivity index (χ0n) is 16.9. The van der Waals surface area contributed by atoms with Crippen LogP contribution in [0, 0.1) is 5.41 Å². The van der Waals surface area contributed by atoms with E-state index >= 15 is 0 Å². The van der Waals surface area contributed by atoms with Crippen molar-refractivity contribution in [2.75, 3.05) is 39.4 Å². The van der Waals surface area contributed by atoms with E-state index in [-0.39, 0.29) is 30.3 Å². The van der Waals surface area contributed by atoms with Gasteiger partial charge in [-0.3, -0.25) is 4.79 Å². The zero-order valence-corrected chi connectivity index (χ0v) is 16.9. The molecule has 3 aliphatic heterocycles. The second kappa shape index (κ2) is 9.13. The van der Waals surface area contributed by atoms with E-state index in [1.165, 1.54) is 0 Å². The lowest BCUT2D eigenvalue weighted by Crippen LogP contribution is -2.62. The molecule has 7 nitrogen and oxygen atoms in total. The summed E-state index contributed by atoms with van der Waals surface area (Å²) in [4.78, 5) is 28.3. The van der Waals surface area contributed by atoms with Crippen LogP contribution < -0.4 is 0 Å². The maximum Gasteiger partial charge on any atom is 0.410 e. The van der Waals surface area contributed by atoms with Crippen LogP contribution in [0.1, 0.15) is 37.7 Å². The largest absolute Gasteiger partial charge is 0.445 e. The first kappa shape index (κ1) is 20.2. The summed E-state index contributed by atoms with van der Waals surface area (Å²) in [6.45, 7) is 3.99. The van der Waals surface area contributed by atoms with Crippen molar-refractivity contribution in [3.8, 4) is 0 Å². The van der Waals surface area contributed by atoms with Crippen LogP contribution in [0.5, 0.6) is 0 Å². The van der Waals surface area contributed by atoms with E-state index in [1.54, 1.807) is 4.90 Å². The van der Waals surface area contributed by atoms with Crippen LogP contribution in [0.15, 0.2) is 30.3 Å². The van der Waals surface area contributed by atoms with Crippen molar-refractivity contribution < 1.29 is 23.8 Å². The first-order valence-electron chi connectivity index (χ1n) is 10.6. The first-order chi connectivity index (χ1) is 14.1. The maximum absolute atomic E-state index is 12.3. The Bertz CT molecular complexity index is 688. The lowest BCUT2D eigenvalue weighted by Gasteiger charge is -2.53. The van der Waals surface area contributed by atoms with Gasteiger partial charge in [0.1, 0.15) is 13.2 Å². The molecule has 0 bridgehead atoms. The third-order valence-electron chi connectivity index (χ3n) is 6.22. The van der Waals surface area contributed by atoms with Gasteiger partial charge in [0.25, 0.3) is 0 Å². The number of nitrogens with zero attached hydrogens (tertiary/aromatic N) is 2. The summed E-state index contributed by atoms with van der Waals surface area (Å²) in [6.07, 6.45) is 4.36. The Kier molecular flexibility index (Phi) is 6.35. The van der Waals surface area contributed by atoms with Gasteiger partial charge in [-0.05, 0) is 37.7 Å². The molecule has 0 radical (unpaired) electrons. The van der Waals surface area contributed by atoms with Gasteiger partial charge in [0, 0.05) is 38.2 Å². The summed E-state index contributed by atoms with van der Waals surface area (Å²) in [7, 11) is 0. The van der Waals surface area contributed by atoms with Crippen LogP contribution in [0.2, 0.25) is 0 Å². The second-order valence-corrected chi connectivity index (χ2v) is 8.38. The van der Waals surface area contributed by atoms with Crippen LogP contribution in [-0.4, -0.2) is 67.5 Å². The number of carbonyl (C=O) groups excluding carboxylic acids is 2. The van der Waals surface area contributed by atoms with Crippen LogP contribution in [0.4, 0.5) is 4.79 Å². The molecule has 1 spiro atoms. The Morgan fingerprint density at radius 2 is 1.83 bits per heavy atom.